The molecule has 1 fully saturated rings. The molecule has 3 nitrogen and oxygen atoms in total. The Hall–Kier alpha value is -1.35. The zero-order valence-corrected chi connectivity index (χ0v) is 13.3. The van der Waals surface area contributed by atoms with Crippen LogP contribution < -0.4 is 10.2 Å². The Morgan fingerprint density at radius 3 is 2.76 bits per heavy atom. The van der Waals surface area contributed by atoms with Crippen LogP contribution in [0.4, 0.5) is 5.69 Å². The van der Waals surface area contributed by atoms with E-state index < -0.39 is 0 Å². The van der Waals surface area contributed by atoms with Crippen LogP contribution in [0.15, 0.2) is 24.3 Å². The van der Waals surface area contributed by atoms with E-state index in [1.807, 2.05) is 19.2 Å². The quantitative estimate of drug-likeness (QED) is 0.922. The minimum atomic E-state index is 0.174. The topological polar surface area (TPSA) is 32.3 Å². The van der Waals surface area contributed by atoms with E-state index in [9.17, 15) is 4.79 Å². The summed E-state index contributed by atoms with van der Waals surface area (Å²) in [6.07, 6.45) is 4.40. The Labute approximate surface area is 127 Å². The van der Waals surface area contributed by atoms with Crippen molar-refractivity contribution < 1.29 is 4.79 Å². The van der Waals surface area contributed by atoms with Crippen molar-refractivity contribution in [3.63, 3.8) is 0 Å². The van der Waals surface area contributed by atoms with Crippen molar-refractivity contribution in [1.29, 1.82) is 0 Å². The molecule has 2 aliphatic rings. The van der Waals surface area contributed by atoms with Crippen LogP contribution in [-0.2, 0) is 4.79 Å². The first kappa shape index (κ1) is 14.6. The zero-order valence-electron chi connectivity index (χ0n) is 13.3. The highest BCUT2D eigenvalue weighted by Gasteiger charge is 2.36. The van der Waals surface area contributed by atoms with E-state index in [0.717, 1.165) is 11.6 Å². The Morgan fingerprint density at radius 2 is 2.05 bits per heavy atom. The first-order chi connectivity index (χ1) is 10.1. The first-order valence-corrected chi connectivity index (χ1v) is 8.23. The average molecular weight is 286 g/mol. The molecule has 1 saturated carbocycles. The Bertz CT molecular complexity index is 528. The number of para-hydroxylation sites is 1. The second kappa shape index (κ2) is 5.80. The highest BCUT2D eigenvalue weighted by atomic mass is 16.2. The van der Waals surface area contributed by atoms with E-state index in [0.29, 0.717) is 18.4 Å². The number of rotatable bonds is 3. The van der Waals surface area contributed by atoms with Crippen LogP contribution in [0.1, 0.15) is 51.1 Å². The van der Waals surface area contributed by atoms with Crippen molar-refractivity contribution >= 4 is 11.6 Å². The van der Waals surface area contributed by atoms with Crippen LogP contribution >= 0.6 is 0 Å². The predicted octanol–water partition coefficient (Wildman–Crippen LogP) is 3.51. The largest absolute Gasteiger partial charge is 0.315 e. The number of anilines is 1. The van der Waals surface area contributed by atoms with Crippen molar-refractivity contribution in [2.75, 3.05) is 11.9 Å². The van der Waals surface area contributed by atoms with E-state index in [4.69, 9.17) is 0 Å². The third-order valence-corrected chi connectivity index (χ3v) is 5.59. The molecule has 1 aliphatic heterocycles. The highest BCUT2D eigenvalue weighted by Crippen LogP contribution is 2.38. The fourth-order valence-electron chi connectivity index (χ4n) is 4.11. The van der Waals surface area contributed by atoms with Crippen LogP contribution in [0.3, 0.4) is 0 Å². The molecule has 0 spiro atoms. The van der Waals surface area contributed by atoms with Gasteiger partial charge < -0.3 is 10.2 Å². The molecule has 0 saturated heterocycles. The number of hydrogen-bond acceptors (Lipinski definition) is 2. The van der Waals surface area contributed by atoms with Gasteiger partial charge in [0.15, 0.2) is 0 Å². The highest BCUT2D eigenvalue weighted by molar-refractivity contribution is 5.96. The van der Waals surface area contributed by atoms with Crippen LogP contribution in [0, 0.1) is 11.8 Å². The van der Waals surface area contributed by atoms with Crippen molar-refractivity contribution in [1.82, 2.24) is 5.32 Å². The molecule has 1 aromatic rings. The number of hydrogen-bond donors (Lipinski definition) is 1. The Balaban J connectivity index is 1.80. The number of nitrogens with zero attached hydrogens (tertiary/aromatic N) is 1. The van der Waals surface area contributed by atoms with E-state index >= 15 is 0 Å². The van der Waals surface area contributed by atoms with Crippen molar-refractivity contribution in [2.24, 2.45) is 11.8 Å². The van der Waals surface area contributed by atoms with Gasteiger partial charge in [-0.2, -0.15) is 0 Å². The van der Waals surface area contributed by atoms with Crippen LogP contribution in [0.5, 0.6) is 0 Å². The SMILES string of the molecule is CCC1CCC(NC2CC(=O)N(C)c3ccccc32)C1C. The lowest BCUT2D eigenvalue weighted by atomic mass is 9.91. The molecule has 21 heavy (non-hydrogen) atoms. The molecule has 4 atom stereocenters. The molecule has 1 N–H and O–H groups in total. The van der Waals surface area contributed by atoms with E-state index in [-0.39, 0.29) is 11.9 Å². The standard InChI is InChI=1S/C18H26N2O/c1-4-13-9-10-15(12(13)2)19-16-11-18(21)20(3)17-8-6-5-7-14(16)17/h5-8,12-13,15-16,19H,4,9-11H2,1-3H3. The lowest BCUT2D eigenvalue weighted by molar-refractivity contribution is -0.119. The maximum absolute atomic E-state index is 12.2. The summed E-state index contributed by atoms with van der Waals surface area (Å²) >= 11 is 0. The average Bonchev–Trinajstić information content (AvgIpc) is 2.85. The molecular formula is C18H26N2O. The van der Waals surface area contributed by atoms with Gasteiger partial charge in [0, 0.05) is 31.2 Å². The molecule has 1 aliphatic carbocycles. The van der Waals surface area contributed by atoms with Gasteiger partial charge in [0.2, 0.25) is 5.91 Å². The van der Waals surface area contributed by atoms with Gasteiger partial charge >= 0.3 is 0 Å². The van der Waals surface area contributed by atoms with Gasteiger partial charge in [0.1, 0.15) is 0 Å². The molecular weight excluding hydrogens is 260 g/mol. The fraction of sp³-hybridized carbons (Fsp3) is 0.611. The molecule has 114 valence electrons. The Morgan fingerprint density at radius 1 is 1.29 bits per heavy atom. The maximum atomic E-state index is 12.2. The summed E-state index contributed by atoms with van der Waals surface area (Å²) in [5.41, 5.74) is 2.33. The zero-order chi connectivity index (χ0) is 15.0. The minimum absolute atomic E-state index is 0.174. The summed E-state index contributed by atoms with van der Waals surface area (Å²) in [6.45, 7) is 4.65. The molecule has 0 aromatic heterocycles. The molecule has 1 amide bonds. The lowest BCUT2D eigenvalue weighted by Gasteiger charge is -2.35. The number of amides is 1. The van der Waals surface area contributed by atoms with E-state index in [2.05, 4.69) is 31.3 Å². The number of carbonyl (C=O) groups is 1. The van der Waals surface area contributed by atoms with Crippen LogP contribution in [0.25, 0.3) is 0 Å². The molecule has 3 heteroatoms. The number of fused-ring (bicyclic) bond motifs is 1. The summed E-state index contributed by atoms with van der Waals surface area (Å²) in [6, 6.07) is 9.01. The van der Waals surface area contributed by atoms with Crippen LogP contribution in [-0.4, -0.2) is 19.0 Å². The number of benzene rings is 1. The van der Waals surface area contributed by atoms with Gasteiger partial charge in [0.05, 0.1) is 0 Å². The van der Waals surface area contributed by atoms with Crippen molar-refractivity contribution in [3.8, 4) is 0 Å². The summed E-state index contributed by atoms with van der Waals surface area (Å²) < 4.78 is 0. The Kier molecular flexibility index (Phi) is 4.03. The molecule has 4 unspecified atom stereocenters. The van der Waals surface area contributed by atoms with E-state index in [1.165, 1.54) is 24.8 Å². The molecule has 0 bridgehead atoms. The summed E-state index contributed by atoms with van der Waals surface area (Å²) in [4.78, 5) is 14.0. The summed E-state index contributed by atoms with van der Waals surface area (Å²) in [5, 5.41) is 3.79. The van der Waals surface area contributed by atoms with Gasteiger partial charge in [0.25, 0.3) is 0 Å². The van der Waals surface area contributed by atoms with Crippen LogP contribution in [0.2, 0.25) is 0 Å². The molecule has 1 aromatic carbocycles. The normalized spacial score (nSPS) is 32.3. The molecule has 3 rings (SSSR count). The fourth-order valence-corrected chi connectivity index (χ4v) is 4.11. The van der Waals surface area contributed by atoms with Gasteiger partial charge in [-0.25, -0.2) is 0 Å². The summed E-state index contributed by atoms with van der Waals surface area (Å²) in [7, 11) is 1.88. The summed E-state index contributed by atoms with van der Waals surface area (Å²) in [5.74, 6) is 1.75. The molecule has 0 radical (unpaired) electrons. The second-order valence-corrected chi connectivity index (χ2v) is 6.65. The van der Waals surface area contributed by atoms with Crippen molar-refractivity contribution in [2.45, 2.75) is 51.6 Å². The van der Waals surface area contributed by atoms with Gasteiger partial charge in [-0.1, -0.05) is 38.5 Å². The van der Waals surface area contributed by atoms with Gasteiger partial charge in [-0.15, -0.1) is 0 Å². The van der Waals surface area contributed by atoms with Gasteiger partial charge in [-0.05, 0) is 36.3 Å². The third kappa shape index (κ3) is 2.59. The van der Waals surface area contributed by atoms with Crippen molar-refractivity contribution in [3.05, 3.63) is 29.8 Å². The maximum Gasteiger partial charge on any atom is 0.228 e. The molecule has 1 heterocycles. The van der Waals surface area contributed by atoms with E-state index in [1.54, 1.807) is 4.90 Å². The number of carbonyl (C=O) groups excluding carboxylic acids is 1. The second-order valence-electron chi connectivity index (χ2n) is 6.65. The monoisotopic (exact) mass is 286 g/mol. The van der Waals surface area contributed by atoms with Gasteiger partial charge in [-0.3, -0.25) is 4.79 Å². The lowest BCUT2D eigenvalue weighted by Crippen LogP contribution is -2.42. The smallest absolute Gasteiger partial charge is 0.228 e. The predicted molar refractivity (Wildman–Crippen MR) is 86.3 cm³/mol. The third-order valence-electron chi connectivity index (χ3n) is 5.59. The first-order valence-electron chi connectivity index (χ1n) is 8.23. The number of nitrogens with one attached hydrogen (secondary N) is 1. The minimum Gasteiger partial charge on any atom is -0.315 e.